The lowest BCUT2D eigenvalue weighted by atomic mass is 9.98. The molecule has 21 heavy (non-hydrogen) atoms. The number of rotatable bonds is 4. The van der Waals surface area contributed by atoms with Crippen molar-refractivity contribution in [3.05, 3.63) is 63.6 Å². The number of benzene rings is 2. The maximum atomic E-state index is 5.97. The molecule has 1 atom stereocenters. The van der Waals surface area contributed by atoms with Crippen LogP contribution < -0.4 is 4.74 Å². The van der Waals surface area contributed by atoms with E-state index in [0.29, 0.717) is 12.5 Å². The van der Waals surface area contributed by atoms with Crippen molar-refractivity contribution >= 4 is 27.5 Å². The third-order valence-corrected chi connectivity index (χ3v) is 4.43. The van der Waals surface area contributed by atoms with E-state index in [-0.39, 0.29) is 6.10 Å². The molecule has 2 aromatic carbocycles. The molecule has 0 bridgehead atoms. The van der Waals surface area contributed by atoms with Crippen LogP contribution in [0.15, 0.2) is 46.9 Å². The Kier molecular flexibility index (Phi) is 4.84. The molecule has 1 heterocycles. The predicted octanol–water partition coefficient (Wildman–Crippen LogP) is 4.88. The van der Waals surface area contributed by atoms with Gasteiger partial charge >= 0.3 is 0 Å². The van der Waals surface area contributed by atoms with E-state index < -0.39 is 0 Å². The Morgan fingerprint density at radius 2 is 2.10 bits per heavy atom. The number of fused-ring (bicyclic) bond motifs is 1. The van der Waals surface area contributed by atoms with Gasteiger partial charge in [0, 0.05) is 10.0 Å². The third-order valence-electron chi connectivity index (χ3n) is 3.65. The summed E-state index contributed by atoms with van der Waals surface area (Å²) in [6.45, 7) is 1.25. The summed E-state index contributed by atoms with van der Waals surface area (Å²) in [7, 11) is 0. The molecule has 1 unspecified atom stereocenters. The van der Waals surface area contributed by atoms with Gasteiger partial charge in [-0.1, -0.05) is 40.2 Å². The van der Waals surface area contributed by atoms with E-state index in [9.17, 15) is 0 Å². The Hall–Kier alpha value is -1.03. The van der Waals surface area contributed by atoms with Crippen molar-refractivity contribution in [2.45, 2.75) is 18.4 Å². The number of hydrogen-bond acceptors (Lipinski definition) is 2. The van der Waals surface area contributed by atoms with E-state index >= 15 is 0 Å². The van der Waals surface area contributed by atoms with Gasteiger partial charge in [-0.2, -0.15) is 0 Å². The molecular formula is C17H16BrClO2. The number of ether oxygens (including phenoxy) is 2. The highest BCUT2D eigenvalue weighted by atomic mass is 79.9. The summed E-state index contributed by atoms with van der Waals surface area (Å²) in [6.07, 6.45) is 0.958. The minimum atomic E-state index is -0.0122. The summed E-state index contributed by atoms with van der Waals surface area (Å²) in [6, 6.07) is 14.3. The molecule has 0 N–H and O–H groups in total. The molecule has 0 amide bonds. The van der Waals surface area contributed by atoms with Crippen LogP contribution in [0.25, 0.3) is 0 Å². The molecule has 3 rings (SSSR count). The lowest BCUT2D eigenvalue weighted by Gasteiger charge is -2.26. The number of hydrogen-bond donors (Lipinski definition) is 0. The Morgan fingerprint density at radius 1 is 1.24 bits per heavy atom. The zero-order valence-corrected chi connectivity index (χ0v) is 13.9. The fraction of sp³-hybridized carbons (Fsp3) is 0.294. The van der Waals surface area contributed by atoms with Crippen molar-refractivity contribution in [1.29, 1.82) is 0 Å². The highest BCUT2D eigenvalue weighted by Gasteiger charge is 2.21. The van der Waals surface area contributed by atoms with Gasteiger partial charge < -0.3 is 9.47 Å². The van der Waals surface area contributed by atoms with Gasteiger partial charge in [0.2, 0.25) is 0 Å². The normalized spacial score (nSPS) is 17.3. The fourth-order valence-corrected chi connectivity index (χ4v) is 3.19. The third kappa shape index (κ3) is 3.42. The van der Waals surface area contributed by atoms with Crippen molar-refractivity contribution < 1.29 is 9.47 Å². The summed E-state index contributed by atoms with van der Waals surface area (Å²) in [5, 5.41) is 0. The van der Waals surface area contributed by atoms with Crippen LogP contribution in [0.5, 0.6) is 5.75 Å². The first-order valence-corrected chi connectivity index (χ1v) is 8.27. The van der Waals surface area contributed by atoms with E-state index in [0.717, 1.165) is 28.8 Å². The first kappa shape index (κ1) is 14.9. The van der Waals surface area contributed by atoms with Crippen LogP contribution in [0.1, 0.15) is 22.8 Å². The zero-order valence-electron chi connectivity index (χ0n) is 11.5. The number of halogens is 2. The first-order valence-electron chi connectivity index (χ1n) is 6.94. The molecule has 0 saturated heterocycles. The van der Waals surface area contributed by atoms with E-state index in [1.165, 1.54) is 11.1 Å². The van der Waals surface area contributed by atoms with Crippen molar-refractivity contribution in [3.8, 4) is 5.75 Å². The molecular weight excluding hydrogens is 352 g/mol. The zero-order chi connectivity index (χ0) is 14.7. The lowest BCUT2D eigenvalue weighted by Crippen LogP contribution is -2.21. The van der Waals surface area contributed by atoms with E-state index in [4.69, 9.17) is 21.1 Å². The van der Waals surface area contributed by atoms with Crippen molar-refractivity contribution in [2.24, 2.45) is 0 Å². The van der Waals surface area contributed by atoms with Gasteiger partial charge in [-0.3, -0.25) is 0 Å². The average Bonchev–Trinajstić information content (AvgIpc) is 2.53. The minimum absolute atomic E-state index is 0.0122. The monoisotopic (exact) mass is 366 g/mol. The second kappa shape index (κ2) is 6.82. The molecule has 0 aromatic heterocycles. The molecule has 0 saturated carbocycles. The lowest BCUT2D eigenvalue weighted by molar-refractivity contribution is 0.0100. The standard InChI is InChI=1S/C17H16BrClO2/c18-14-5-6-16(13(9-14)10-19)21-11-17-15-4-2-1-3-12(15)7-8-20-17/h1-6,9,17H,7-8,10-11H2. The maximum absolute atomic E-state index is 5.97. The molecule has 0 spiro atoms. The molecule has 110 valence electrons. The van der Waals surface area contributed by atoms with Crippen LogP contribution in [0, 0.1) is 0 Å². The highest BCUT2D eigenvalue weighted by Crippen LogP contribution is 2.30. The quantitative estimate of drug-likeness (QED) is 0.717. The van der Waals surface area contributed by atoms with Gasteiger partial charge in [-0.05, 0) is 35.7 Å². The summed E-state index contributed by atoms with van der Waals surface area (Å²) in [5.41, 5.74) is 3.56. The Balaban J connectivity index is 1.74. The molecule has 0 radical (unpaired) electrons. The van der Waals surface area contributed by atoms with Gasteiger partial charge in [0.25, 0.3) is 0 Å². The van der Waals surface area contributed by atoms with Crippen LogP contribution >= 0.6 is 27.5 Å². The minimum Gasteiger partial charge on any atom is -0.490 e. The summed E-state index contributed by atoms with van der Waals surface area (Å²) < 4.78 is 12.8. The van der Waals surface area contributed by atoms with Gasteiger partial charge in [0.1, 0.15) is 18.5 Å². The van der Waals surface area contributed by atoms with Crippen LogP contribution in [0.2, 0.25) is 0 Å². The fourth-order valence-electron chi connectivity index (χ4n) is 2.57. The van der Waals surface area contributed by atoms with Crippen LogP contribution in [-0.2, 0) is 17.0 Å². The van der Waals surface area contributed by atoms with E-state index in [1.807, 2.05) is 24.3 Å². The molecule has 2 aromatic rings. The van der Waals surface area contributed by atoms with Gasteiger partial charge in [-0.25, -0.2) is 0 Å². The van der Waals surface area contributed by atoms with E-state index in [1.54, 1.807) is 0 Å². The van der Waals surface area contributed by atoms with E-state index in [2.05, 4.69) is 34.1 Å². The summed E-state index contributed by atoms with van der Waals surface area (Å²) in [4.78, 5) is 0. The van der Waals surface area contributed by atoms with Gasteiger partial charge in [0.05, 0.1) is 12.5 Å². The number of alkyl halides is 1. The predicted molar refractivity (Wildman–Crippen MR) is 88.0 cm³/mol. The molecule has 2 nitrogen and oxygen atoms in total. The topological polar surface area (TPSA) is 18.5 Å². The molecule has 4 heteroatoms. The van der Waals surface area contributed by atoms with Crippen molar-refractivity contribution in [2.75, 3.05) is 13.2 Å². The molecule has 0 fully saturated rings. The molecule has 1 aliphatic rings. The second-order valence-electron chi connectivity index (χ2n) is 5.00. The van der Waals surface area contributed by atoms with Gasteiger partial charge in [0.15, 0.2) is 0 Å². The molecule has 1 aliphatic heterocycles. The Labute approximate surface area is 138 Å². The van der Waals surface area contributed by atoms with Crippen molar-refractivity contribution in [3.63, 3.8) is 0 Å². The van der Waals surface area contributed by atoms with Crippen molar-refractivity contribution in [1.82, 2.24) is 0 Å². The largest absolute Gasteiger partial charge is 0.490 e. The SMILES string of the molecule is ClCc1cc(Br)ccc1OCC1OCCc2ccccc21. The van der Waals surface area contributed by atoms with Crippen LogP contribution in [-0.4, -0.2) is 13.2 Å². The Morgan fingerprint density at radius 3 is 2.95 bits per heavy atom. The molecule has 0 aliphatic carbocycles. The summed E-state index contributed by atoms with van der Waals surface area (Å²) >= 11 is 9.42. The van der Waals surface area contributed by atoms with Crippen LogP contribution in [0.4, 0.5) is 0 Å². The highest BCUT2D eigenvalue weighted by molar-refractivity contribution is 9.10. The van der Waals surface area contributed by atoms with Gasteiger partial charge in [-0.15, -0.1) is 11.6 Å². The second-order valence-corrected chi connectivity index (χ2v) is 6.19. The smallest absolute Gasteiger partial charge is 0.123 e. The van der Waals surface area contributed by atoms with Crippen LogP contribution in [0.3, 0.4) is 0 Å². The maximum Gasteiger partial charge on any atom is 0.123 e. The summed E-state index contributed by atoms with van der Waals surface area (Å²) in [5.74, 6) is 1.25. The average molecular weight is 368 g/mol. The first-order chi connectivity index (χ1) is 10.3. The Bertz CT molecular complexity index is 630.